The Morgan fingerprint density at radius 1 is 1.39 bits per heavy atom. The Kier molecular flexibility index (Phi) is 8.28. The van der Waals surface area contributed by atoms with E-state index in [0.29, 0.717) is 25.9 Å². The van der Waals surface area contributed by atoms with Crippen molar-refractivity contribution < 1.29 is 29.3 Å². The molecule has 2 bridgehead atoms. The van der Waals surface area contributed by atoms with E-state index < -0.39 is 47.5 Å². The van der Waals surface area contributed by atoms with Crippen molar-refractivity contribution in [1.82, 2.24) is 9.80 Å². The average Bonchev–Trinajstić information content (AvgIpc) is 3.37. The average molecular weight is 529 g/mol. The minimum absolute atomic E-state index is 0.0716. The van der Waals surface area contributed by atoms with Gasteiger partial charge in [0, 0.05) is 17.9 Å². The number of rotatable bonds is 12. The normalized spacial score (nSPS) is 34.3. The third-order valence-electron chi connectivity index (χ3n) is 7.78. The van der Waals surface area contributed by atoms with Crippen molar-refractivity contribution in [3.05, 3.63) is 12.7 Å². The molecule has 8 atom stereocenters. The molecule has 1 unspecified atom stereocenters. The zero-order valence-electron chi connectivity index (χ0n) is 19.8. The Morgan fingerprint density at radius 2 is 2.09 bits per heavy atom. The van der Waals surface area contributed by atoms with Crippen molar-refractivity contribution in [2.45, 2.75) is 81.5 Å². The van der Waals surface area contributed by atoms with Gasteiger partial charge in [-0.3, -0.25) is 14.4 Å². The van der Waals surface area contributed by atoms with E-state index in [1.807, 2.05) is 13.8 Å². The van der Waals surface area contributed by atoms with Crippen molar-refractivity contribution in [3.63, 3.8) is 0 Å². The molecule has 3 rings (SSSR count). The summed E-state index contributed by atoms with van der Waals surface area (Å²) >= 11 is 3.56. The second-order valence-corrected chi connectivity index (χ2v) is 10.8. The van der Waals surface area contributed by atoms with Crippen molar-refractivity contribution in [1.29, 1.82) is 0 Å². The molecule has 0 aromatic heterocycles. The molecule has 8 nitrogen and oxygen atoms in total. The maximum atomic E-state index is 14.1. The van der Waals surface area contributed by atoms with E-state index in [0.717, 1.165) is 19.3 Å². The number of aliphatic carboxylic acids is 1. The molecule has 0 aromatic rings. The summed E-state index contributed by atoms with van der Waals surface area (Å²) in [7, 11) is 0. The lowest BCUT2D eigenvalue weighted by molar-refractivity contribution is -0.154. The summed E-state index contributed by atoms with van der Waals surface area (Å²) in [6.45, 7) is 10.3. The Morgan fingerprint density at radius 3 is 2.64 bits per heavy atom. The number of carbonyl (C=O) groups is 3. The molecule has 2 N–H and O–H groups in total. The third kappa shape index (κ3) is 4.25. The Balaban J connectivity index is 2.09. The highest BCUT2D eigenvalue weighted by Crippen LogP contribution is 2.60. The molecular formula is C24H37BrN2O6. The number of aliphatic hydroxyl groups excluding tert-OH is 1. The molecule has 0 saturated carbocycles. The summed E-state index contributed by atoms with van der Waals surface area (Å²) in [4.78, 5) is 43.1. The van der Waals surface area contributed by atoms with Crippen LogP contribution < -0.4 is 0 Å². The standard InChI is InChI=1S/C24H37BrN2O6/c1-5-8-9-11-26(10-6-2)22(30)20-24-12-15(25)19(33-24)17(23(31)32)18(24)21(29)27(20)16(13-28)14(4)7-3/h6,14-20,28H,2,5,7-13H2,1,3-4H3,(H,31,32)/t14-,15?,16-,17+,18-,19+,20+,24-/m0/s1. The zero-order valence-corrected chi connectivity index (χ0v) is 21.4. The summed E-state index contributed by atoms with van der Waals surface area (Å²) in [5, 5.41) is 20.3. The molecule has 33 heavy (non-hydrogen) atoms. The molecule has 1 spiro atoms. The number of amides is 2. The van der Waals surface area contributed by atoms with Crippen molar-refractivity contribution in [3.8, 4) is 0 Å². The predicted molar refractivity (Wildman–Crippen MR) is 127 cm³/mol. The third-order valence-corrected chi connectivity index (χ3v) is 8.63. The molecule has 9 heteroatoms. The van der Waals surface area contributed by atoms with E-state index in [9.17, 15) is 24.6 Å². The van der Waals surface area contributed by atoms with Crippen LogP contribution in [0.15, 0.2) is 12.7 Å². The first-order chi connectivity index (χ1) is 15.7. The minimum Gasteiger partial charge on any atom is -0.481 e. The second kappa shape index (κ2) is 10.4. The van der Waals surface area contributed by atoms with Crippen LogP contribution in [0.3, 0.4) is 0 Å². The molecular weight excluding hydrogens is 492 g/mol. The van der Waals surface area contributed by atoms with Gasteiger partial charge in [0.1, 0.15) is 11.6 Å². The van der Waals surface area contributed by atoms with Crippen molar-refractivity contribution in [2.24, 2.45) is 17.8 Å². The number of carboxylic acids is 1. The molecule has 3 aliphatic rings. The number of ether oxygens (including phenoxy) is 1. The van der Waals surface area contributed by atoms with Crippen molar-refractivity contribution in [2.75, 3.05) is 19.7 Å². The van der Waals surface area contributed by atoms with Crippen LogP contribution >= 0.6 is 15.9 Å². The van der Waals surface area contributed by atoms with Crippen LogP contribution in [0, 0.1) is 17.8 Å². The maximum absolute atomic E-state index is 14.1. The van der Waals surface area contributed by atoms with E-state index in [1.165, 1.54) is 4.90 Å². The number of nitrogens with zero attached hydrogens (tertiary/aromatic N) is 2. The van der Waals surface area contributed by atoms with Gasteiger partial charge in [-0.15, -0.1) is 6.58 Å². The quantitative estimate of drug-likeness (QED) is 0.229. The molecule has 0 radical (unpaired) electrons. The van der Waals surface area contributed by atoms with E-state index in [4.69, 9.17) is 4.74 Å². The maximum Gasteiger partial charge on any atom is 0.310 e. The van der Waals surface area contributed by atoms with Gasteiger partial charge in [-0.1, -0.05) is 62.0 Å². The highest BCUT2D eigenvalue weighted by atomic mass is 79.9. The summed E-state index contributed by atoms with van der Waals surface area (Å²) in [6.07, 6.45) is 4.87. The molecule has 3 saturated heterocycles. The first kappa shape index (κ1) is 26.2. The number of hydrogen-bond acceptors (Lipinski definition) is 5. The van der Waals surface area contributed by atoms with Gasteiger partial charge in [0.15, 0.2) is 0 Å². The number of hydrogen-bond donors (Lipinski definition) is 2. The number of halogens is 1. The Labute approximate surface area is 204 Å². The van der Waals surface area contributed by atoms with Gasteiger partial charge >= 0.3 is 5.97 Å². The predicted octanol–water partition coefficient (Wildman–Crippen LogP) is 2.43. The lowest BCUT2D eigenvalue weighted by Gasteiger charge is -2.41. The van der Waals surface area contributed by atoms with Crippen LogP contribution in [0.2, 0.25) is 0 Å². The number of aliphatic hydroxyl groups is 1. The van der Waals surface area contributed by atoms with Crippen LogP contribution in [0.4, 0.5) is 0 Å². The Hall–Kier alpha value is -1.45. The van der Waals surface area contributed by atoms with E-state index in [-0.39, 0.29) is 23.3 Å². The fraction of sp³-hybridized carbons (Fsp3) is 0.792. The first-order valence-electron chi connectivity index (χ1n) is 12.1. The van der Waals surface area contributed by atoms with E-state index in [1.54, 1.807) is 11.0 Å². The molecule has 3 fully saturated rings. The largest absolute Gasteiger partial charge is 0.481 e. The van der Waals surface area contributed by atoms with Gasteiger partial charge in [0.2, 0.25) is 11.8 Å². The highest BCUT2D eigenvalue weighted by molar-refractivity contribution is 9.09. The SMILES string of the molecule is C=CCN(CCCCC)C(=O)[C@H]1N([C@@H](CO)[C@@H](C)CC)C(=O)[C@@H]2[C@@H](C(=O)O)[C@@H]3O[C@@]21CC3Br. The van der Waals surface area contributed by atoms with Gasteiger partial charge in [0.25, 0.3) is 0 Å². The number of unbranched alkanes of at least 4 members (excludes halogenated alkanes) is 2. The second-order valence-electron chi connectivity index (χ2n) is 9.66. The lowest BCUT2D eigenvalue weighted by atomic mass is 9.70. The molecule has 3 aliphatic heterocycles. The van der Waals surface area contributed by atoms with Crippen LogP contribution in [-0.4, -0.2) is 86.1 Å². The number of alkyl halides is 1. The summed E-state index contributed by atoms with van der Waals surface area (Å²) < 4.78 is 6.32. The monoisotopic (exact) mass is 528 g/mol. The molecule has 0 aliphatic carbocycles. The molecule has 186 valence electrons. The van der Waals surface area contributed by atoms with Gasteiger partial charge in [0.05, 0.1) is 30.6 Å². The topological polar surface area (TPSA) is 107 Å². The summed E-state index contributed by atoms with van der Waals surface area (Å²) in [5.41, 5.74) is -1.22. The number of carbonyl (C=O) groups excluding carboxylic acids is 2. The lowest BCUT2D eigenvalue weighted by Crippen LogP contribution is -2.60. The van der Waals surface area contributed by atoms with Crippen LogP contribution in [0.1, 0.15) is 52.9 Å². The molecule has 0 aromatic carbocycles. The first-order valence-corrected chi connectivity index (χ1v) is 13.0. The number of likely N-dealkylation sites (tertiary alicyclic amines) is 1. The number of carboxylic acid groups (broad SMARTS) is 1. The molecule has 3 heterocycles. The van der Waals surface area contributed by atoms with Crippen LogP contribution in [0.5, 0.6) is 0 Å². The van der Waals surface area contributed by atoms with Crippen LogP contribution in [0.25, 0.3) is 0 Å². The van der Waals surface area contributed by atoms with Crippen LogP contribution in [-0.2, 0) is 19.1 Å². The summed E-state index contributed by atoms with van der Waals surface area (Å²) in [5.74, 6) is -3.78. The van der Waals surface area contributed by atoms with E-state index in [2.05, 4.69) is 29.4 Å². The van der Waals surface area contributed by atoms with Gasteiger partial charge < -0.3 is 24.7 Å². The van der Waals surface area contributed by atoms with Crippen molar-refractivity contribution >= 4 is 33.7 Å². The smallest absolute Gasteiger partial charge is 0.310 e. The minimum atomic E-state index is -1.22. The van der Waals surface area contributed by atoms with Gasteiger partial charge in [-0.05, 0) is 18.8 Å². The van der Waals surface area contributed by atoms with Gasteiger partial charge in [-0.2, -0.15) is 0 Å². The fourth-order valence-electron chi connectivity index (χ4n) is 5.97. The van der Waals surface area contributed by atoms with E-state index >= 15 is 0 Å². The highest BCUT2D eigenvalue weighted by Gasteiger charge is 2.77. The summed E-state index contributed by atoms with van der Waals surface area (Å²) in [6, 6.07) is -1.57. The fourth-order valence-corrected chi connectivity index (χ4v) is 6.92. The molecule has 2 amide bonds. The number of fused-ring (bicyclic) bond motifs is 1. The zero-order chi connectivity index (χ0) is 24.5. The Bertz CT molecular complexity index is 778. The van der Waals surface area contributed by atoms with Gasteiger partial charge in [-0.25, -0.2) is 0 Å².